The molecule has 43 heavy (non-hydrogen) atoms. The molecule has 1 N–H and O–H groups in total. The highest BCUT2D eigenvalue weighted by molar-refractivity contribution is 7.92. The van der Waals surface area contributed by atoms with Gasteiger partial charge in [0.15, 0.2) is 11.5 Å². The number of rotatable bonds is 12. The van der Waals surface area contributed by atoms with Crippen LogP contribution in [0.3, 0.4) is 0 Å². The van der Waals surface area contributed by atoms with E-state index in [4.69, 9.17) is 32.7 Å². The molecule has 3 aromatic rings. The van der Waals surface area contributed by atoms with E-state index in [-0.39, 0.29) is 34.8 Å². The number of halogens is 2. The van der Waals surface area contributed by atoms with Gasteiger partial charge < -0.3 is 19.7 Å². The number of amides is 2. The summed E-state index contributed by atoms with van der Waals surface area (Å²) in [5, 5.41) is 3.79. The third kappa shape index (κ3) is 7.74. The Bertz CT molecular complexity index is 1550. The molecule has 0 bridgehead atoms. The van der Waals surface area contributed by atoms with Gasteiger partial charge in [-0.1, -0.05) is 60.3 Å². The Morgan fingerprint density at radius 1 is 0.953 bits per heavy atom. The van der Waals surface area contributed by atoms with Crippen LogP contribution in [0.4, 0.5) is 5.69 Å². The second kappa shape index (κ2) is 14.3. The van der Waals surface area contributed by atoms with E-state index in [1.165, 1.54) is 37.3 Å². The quantitative estimate of drug-likeness (QED) is 0.271. The summed E-state index contributed by atoms with van der Waals surface area (Å²) in [6.45, 7) is 1.02. The molecule has 1 atom stereocenters. The van der Waals surface area contributed by atoms with Gasteiger partial charge in [-0.15, -0.1) is 0 Å². The number of nitrogens with one attached hydrogen (secondary N) is 1. The Morgan fingerprint density at radius 3 is 2.26 bits per heavy atom. The number of benzene rings is 3. The van der Waals surface area contributed by atoms with Gasteiger partial charge in [0.05, 0.1) is 24.8 Å². The van der Waals surface area contributed by atoms with Crippen molar-refractivity contribution in [2.75, 3.05) is 25.1 Å². The zero-order valence-corrected chi connectivity index (χ0v) is 26.6. The minimum Gasteiger partial charge on any atom is -0.493 e. The molecular weight excluding hydrogens is 613 g/mol. The molecule has 230 valence electrons. The Kier molecular flexibility index (Phi) is 10.8. The number of carbonyl (C=O) groups excluding carboxylic acids is 2. The third-order valence-electron chi connectivity index (χ3n) is 7.49. The van der Waals surface area contributed by atoms with Gasteiger partial charge in [-0.25, -0.2) is 8.42 Å². The molecule has 9 nitrogen and oxygen atoms in total. The van der Waals surface area contributed by atoms with Crippen LogP contribution < -0.4 is 19.1 Å². The van der Waals surface area contributed by atoms with Crippen LogP contribution >= 0.6 is 23.2 Å². The number of anilines is 1. The van der Waals surface area contributed by atoms with Crippen LogP contribution in [0.1, 0.15) is 38.2 Å². The van der Waals surface area contributed by atoms with Crippen LogP contribution in [0.2, 0.25) is 10.0 Å². The van der Waals surface area contributed by atoms with Crippen molar-refractivity contribution in [3.63, 3.8) is 0 Å². The van der Waals surface area contributed by atoms with E-state index in [2.05, 4.69) is 5.32 Å². The van der Waals surface area contributed by atoms with Crippen molar-refractivity contribution in [1.82, 2.24) is 10.2 Å². The van der Waals surface area contributed by atoms with Crippen LogP contribution in [0.15, 0.2) is 71.6 Å². The normalized spacial score (nSPS) is 14.2. The molecule has 0 aromatic heterocycles. The number of sulfonamides is 1. The van der Waals surface area contributed by atoms with Gasteiger partial charge >= 0.3 is 0 Å². The van der Waals surface area contributed by atoms with Crippen molar-refractivity contribution in [3.05, 3.63) is 82.3 Å². The molecule has 0 radical (unpaired) electrons. The van der Waals surface area contributed by atoms with Gasteiger partial charge in [0, 0.05) is 28.7 Å². The number of para-hydroxylation sites is 1. The van der Waals surface area contributed by atoms with Crippen molar-refractivity contribution in [2.24, 2.45) is 0 Å². The molecule has 2 amide bonds. The molecule has 12 heteroatoms. The summed E-state index contributed by atoms with van der Waals surface area (Å²) in [5.74, 6) is -0.330. The lowest BCUT2D eigenvalue weighted by Crippen LogP contribution is -2.52. The molecule has 3 aromatic carbocycles. The second-order valence-electron chi connectivity index (χ2n) is 10.3. The zero-order chi connectivity index (χ0) is 31.1. The topological polar surface area (TPSA) is 105 Å². The smallest absolute Gasteiger partial charge is 0.264 e. The zero-order valence-electron chi connectivity index (χ0n) is 24.3. The van der Waals surface area contributed by atoms with Crippen molar-refractivity contribution < 1.29 is 27.5 Å². The molecular formula is C31H35Cl2N3O6S. The van der Waals surface area contributed by atoms with Crippen molar-refractivity contribution >= 4 is 50.7 Å². The van der Waals surface area contributed by atoms with Crippen LogP contribution in [-0.4, -0.2) is 58.0 Å². The number of carbonyl (C=O) groups is 2. The molecule has 1 fully saturated rings. The summed E-state index contributed by atoms with van der Waals surface area (Å²) in [6.07, 6.45) is 3.81. The minimum atomic E-state index is -4.29. The van der Waals surface area contributed by atoms with E-state index in [1.54, 1.807) is 55.5 Å². The summed E-state index contributed by atoms with van der Waals surface area (Å²) in [4.78, 5) is 28.7. The van der Waals surface area contributed by atoms with Gasteiger partial charge in [0.2, 0.25) is 11.8 Å². The average molecular weight is 649 g/mol. The third-order valence-corrected chi connectivity index (χ3v) is 9.85. The Balaban J connectivity index is 1.71. The summed E-state index contributed by atoms with van der Waals surface area (Å²) < 4.78 is 39.8. The predicted octanol–water partition coefficient (Wildman–Crippen LogP) is 5.68. The summed E-state index contributed by atoms with van der Waals surface area (Å²) in [7, 11) is -1.43. The summed E-state index contributed by atoms with van der Waals surface area (Å²) in [6, 6.07) is 16.5. The molecule has 0 heterocycles. The maximum absolute atomic E-state index is 14.1. The van der Waals surface area contributed by atoms with Crippen LogP contribution in [0.25, 0.3) is 0 Å². The van der Waals surface area contributed by atoms with E-state index in [0.717, 1.165) is 30.0 Å². The molecule has 1 aliphatic carbocycles. The average Bonchev–Trinajstić information content (AvgIpc) is 3.52. The van der Waals surface area contributed by atoms with Crippen molar-refractivity contribution in [3.8, 4) is 11.5 Å². The molecule has 4 rings (SSSR count). The van der Waals surface area contributed by atoms with Crippen molar-refractivity contribution in [1.29, 1.82) is 0 Å². The van der Waals surface area contributed by atoms with E-state index >= 15 is 0 Å². The predicted molar refractivity (Wildman–Crippen MR) is 167 cm³/mol. The van der Waals surface area contributed by atoms with Crippen LogP contribution in [0.5, 0.6) is 11.5 Å². The van der Waals surface area contributed by atoms with Crippen LogP contribution in [0, 0.1) is 0 Å². The fraction of sp³-hybridized carbons (Fsp3) is 0.355. The van der Waals surface area contributed by atoms with Crippen LogP contribution in [-0.2, 0) is 26.2 Å². The highest BCUT2D eigenvalue weighted by Crippen LogP contribution is 2.32. The van der Waals surface area contributed by atoms with E-state index in [9.17, 15) is 18.0 Å². The highest BCUT2D eigenvalue weighted by Gasteiger charge is 2.34. The maximum Gasteiger partial charge on any atom is 0.264 e. The maximum atomic E-state index is 14.1. The molecule has 1 aliphatic rings. The first-order valence-electron chi connectivity index (χ1n) is 13.9. The summed E-state index contributed by atoms with van der Waals surface area (Å²) in [5.41, 5.74) is 0.840. The fourth-order valence-corrected chi connectivity index (χ4v) is 6.93. The lowest BCUT2D eigenvalue weighted by Gasteiger charge is -2.32. The molecule has 0 unspecified atom stereocenters. The van der Waals surface area contributed by atoms with E-state index in [1.807, 2.05) is 0 Å². The van der Waals surface area contributed by atoms with E-state index < -0.39 is 28.5 Å². The Hall–Kier alpha value is -3.47. The number of methoxy groups -OCH3 is 2. The molecule has 1 saturated carbocycles. The number of hydrogen-bond donors (Lipinski definition) is 1. The van der Waals surface area contributed by atoms with Gasteiger partial charge in [-0.05, 0) is 61.7 Å². The van der Waals surface area contributed by atoms with Gasteiger partial charge in [-0.2, -0.15) is 0 Å². The lowest BCUT2D eigenvalue weighted by atomic mass is 10.1. The number of hydrogen-bond acceptors (Lipinski definition) is 6. The fourth-order valence-electron chi connectivity index (χ4n) is 5.04. The van der Waals surface area contributed by atoms with Gasteiger partial charge in [-0.3, -0.25) is 13.9 Å². The SMILES string of the molecule is COc1ccc(S(=O)(=O)N(CC(=O)N(Cc2ccc(Cl)cc2Cl)[C@H](C)C(=O)NC2CCCC2)c2ccccc2)cc1OC. The minimum absolute atomic E-state index is 0.0346. The summed E-state index contributed by atoms with van der Waals surface area (Å²) >= 11 is 12.5. The first-order valence-corrected chi connectivity index (χ1v) is 16.1. The Labute approximate surface area is 262 Å². The standard InChI is InChI=1S/C31H35Cl2N3O6S/c1-21(31(38)34-24-9-7-8-10-24)35(19-22-13-14-23(32)17-27(22)33)30(37)20-36(25-11-5-4-6-12-25)43(39,40)26-15-16-28(41-2)29(18-26)42-3/h4-6,11-18,21,24H,7-10,19-20H2,1-3H3,(H,34,38)/t21-/m1/s1. The lowest BCUT2D eigenvalue weighted by molar-refractivity contribution is -0.139. The highest BCUT2D eigenvalue weighted by atomic mass is 35.5. The largest absolute Gasteiger partial charge is 0.493 e. The molecule has 0 saturated heterocycles. The van der Waals surface area contributed by atoms with Crippen molar-refractivity contribution in [2.45, 2.75) is 56.1 Å². The monoisotopic (exact) mass is 647 g/mol. The first-order chi connectivity index (χ1) is 20.5. The van der Waals surface area contributed by atoms with Gasteiger partial charge in [0.1, 0.15) is 12.6 Å². The number of ether oxygens (including phenoxy) is 2. The molecule has 0 spiro atoms. The first kappa shape index (κ1) is 32.4. The number of nitrogens with zero attached hydrogens (tertiary/aromatic N) is 2. The second-order valence-corrected chi connectivity index (χ2v) is 13.0. The van der Waals surface area contributed by atoms with E-state index in [0.29, 0.717) is 21.4 Å². The Morgan fingerprint density at radius 2 is 1.63 bits per heavy atom. The van der Waals surface area contributed by atoms with Gasteiger partial charge in [0.25, 0.3) is 10.0 Å². The molecule has 0 aliphatic heterocycles.